The van der Waals surface area contributed by atoms with Crippen LogP contribution < -0.4 is 0 Å². The molecule has 0 saturated heterocycles. The molecule has 0 atom stereocenters. The number of benzene rings is 2. The number of fused-ring (bicyclic) bond motifs is 2. The lowest BCUT2D eigenvalue weighted by Crippen LogP contribution is -1.97. The van der Waals surface area contributed by atoms with E-state index >= 15 is 0 Å². The molecule has 0 aromatic heterocycles. The van der Waals surface area contributed by atoms with Gasteiger partial charge in [-0.1, -0.05) is 12.1 Å². The fourth-order valence-corrected chi connectivity index (χ4v) is 3.67. The summed E-state index contributed by atoms with van der Waals surface area (Å²) in [5.74, 6) is 1.99. The van der Waals surface area contributed by atoms with Gasteiger partial charge < -0.3 is 0 Å². The lowest BCUT2D eigenvalue weighted by Gasteiger charge is -2.04. The Kier molecular flexibility index (Phi) is 2.43. The van der Waals surface area contributed by atoms with Crippen molar-refractivity contribution in [1.82, 2.24) is 0 Å². The second kappa shape index (κ2) is 3.73. The molecule has 3 rings (SSSR count). The fraction of sp³-hybridized carbons (Fsp3) is 0.167. The zero-order valence-electron chi connectivity index (χ0n) is 8.88. The predicted octanol–water partition coefficient (Wildman–Crippen LogP) is 2.83. The summed E-state index contributed by atoms with van der Waals surface area (Å²) in [6.45, 7) is 0. The molecule has 1 aliphatic rings. The molecule has 1 N–H and O–H groups in total. The fourth-order valence-electron chi connectivity index (χ4n) is 2.07. The van der Waals surface area contributed by atoms with E-state index in [1.54, 1.807) is 6.07 Å². The molecule has 0 amide bonds. The van der Waals surface area contributed by atoms with E-state index in [0.717, 1.165) is 22.3 Å². The first kappa shape index (κ1) is 11.1. The van der Waals surface area contributed by atoms with Crippen LogP contribution in [-0.4, -0.2) is 13.0 Å². The topological polar surface area (TPSA) is 54.4 Å². The SMILES string of the molecule is O=S(=O)(O)c1ccc2cc3c(cc2c1)CSC3. The third-order valence-corrected chi connectivity index (χ3v) is 4.82. The second-order valence-electron chi connectivity index (χ2n) is 4.10. The molecule has 0 saturated carbocycles. The molecule has 0 unspecified atom stereocenters. The minimum atomic E-state index is -4.11. The Balaban J connectivity index is 2.27. The van der Waals surface area contributed by atoms with Gasteiger partial charge in [-0.2, -0.15) is 20.2 Å². The van der Waals surface area contributed by atoms with Crippen LogP contribution in [0.4, 0.5) is 0 Å². The first-order valence-electron chi connectivity index (χ1n) is 5.15. The Hall–Kier alpha value is -1.04. The minimum Gasteiger partial charge on any atom is -0.282 e. The number of hydrogen-bond acceptors (Lipinski definition) is 3. The van der Waals surface area contributed by atoms with E-state index in [-0.39, 0.29) is 4.90 Å². The first-order chi connectivity index (χ1) is 8.04. The van der Waals surface area contributed by atoms with Crippen molar-refractivity contribution < 1.29 is 13.0 Å². The van der Waals surface area contributed by atoms with Gasteiger partial charge in [0.2, 0.25) is 0 Å². The first-order valence-corrected chi connectivity index (χ1v) is 7.74. The van der Waals surface area contributed by atoms with Gasteiger partial charge in [-0.25, -0.2) is 0 Å². The Morgan fingerprint density at radius 1 is 1.00 bits per heavy atom. The Bertz CT molecular complexity index is 705. The highest BCUT2D eigenvalue weighted by molar-refractivity contribution is 7.98. The van der Waals surface area contributed by atoms with E-state index in [9.17, 15) is 8.42 Å². The Morgan fingerprint density at radius 3 is 2.29 bits per heavy atom. The van der Waals surface area contributed by atoms with Crippen LogP contribution in [0, 0.1) is 0 Å². The molecule has 5 heteroatoms. The van der Waals surface area contributed by atoms with E-state index in [0.29, 0.717) is 0 Å². The summed E-state index contributed by atoms with van der Waals surface area (Å²) in [5, 5.41) is 1.88. The molecule has 17 heavy (non-hydrogen) atoms. The highest BCUT2D eigenvalue weighted by Gasteiger charge is 2.14. The lowest BCUT2D eigenvalue weighted by molar-refractivity contribution is 0.483. The largest absolute Gasteiger partial charge is 0.294 e. The van der Waals surface area contributed by atoms with Gasteiger partial charge >= 0.3 is 0 Å². The molecule has 2 aromatic rings. The van der Waals surface area contributed by atoms with E-state index in [1.165, 1.54) is 23.3 Å². The quantitative estimate of drug-likeness (QED) is 0.806. The van der Waals surface area contributed by atoms with Crippen molar-refractivity contribution in [2.45, 2.75) is 16.4 Å². The Labute approximate surface area is 104 Å². The molecule has 2 aromatic carbocycles. The van der Waals surface area contributed by atoms with E-state index in [2.05, 4.69) is 6.07 Å². The normalized spacial score (nSPS) is 15.1. The number of thioether (sulfide) groups is 1. The molecule has 1 aliphatic heterocycles. The van der Waals surface area contributed by atoms with E-state index in [1.807, 2.05) is 17.8 Å². The van der Waals surface area contributed by atoms with Crippen LogP contribution in [0.15, 0.2) is 35.2 Å². The van der Waals surface area contributed by atoms with Gasteiger partial charge in [-0.05, 0) is 40.1 Å². The molecule has 0 spiro atoms. The predicted molar refractivity (Wildman–Crippen MR) is 68.8 cm³/mol. The van der Waals surface area contributed by atoms with Crippen molar-refractivity contribution in [3.8, 4) is 0 Å². The zero-order chi connectivity index (χ0) is 12.0. The third kappa shape index (κ3) is 1.94. The van der Waals surface area contributed by atoms with Crippen molar-refractivity contribution in [2.75, 3.05) is 0 Å². The average molecular weight is 266 g/mol. The summed E-state index contributed by atoms with van der Waals surface area (Å²) in [5.41, 5.74) is 2.58. The highest BCUT2D eigenvalue weighted by atomic mass is 32.2. The van der Waals surface area contributed by atoms with Crippen molar-refractivity contribution in [2.24, 2.45) is 0 Å². The maximum Gasteiger partial charge on any atom is 0.294 e. The standard InChI is InChI=1S/C12H10O3S2/c13-17(14,15)12-2-1-8-3-10-6-16-7-11(10)4-9(8)5-12/h1-5H,6-7H2,(H,13,14,15). The van der Waals surface area contributed by atoms with Gasteiger partial charge in [0, 0.05) is 11.5 Å². The summed E-state index contributed by atoms with van der Waals surface area (Å²) in [7, 11) is -4.11. The molecule has 88 valence electrons. The van der Waals surface area contributed by atoms with Crippen LogP contribution in [0.5, 0.6) is 0 Å². The van der Waals surface area contributed by atoms with E-state index in [4.69, 9.17) is 4.55 Å². The summed E-state index contributed by atoms with van der Waals surface area (Å²) < 4.78 is 31.1. The molecular weight excluding hydrogens is 256 g/mol. The average Bonchev–Trinajstić information content (AvgIpc) is 2.70. The highest BCUT2D eigenvalue weighted by Crippen LogP contribution is 2.33. The van der Waals surface area contributed by atoms with Crippen molar-refractivity contribution in [3.63, 3.8) is 0 Å². The van der Waals surface area contributed by atoms with Crippen LogP contribution in [0.25, 0.3) is 10.8 Å². The van der Waals surface area contributed by atoms with Crippen LogP contribution in [0.3, 0.4) is 0 Å². The molecule has 0 bridgehead atoms. The van der Waals surface area contributed by atoms with Crippen molar-refractivity contribution in [1.29, 1.82) is 0 Å². The van der Waals surface area contributed by atoms with Gasteiger partial charge in [0.05, 0.1) is 4.90 Å². The van der Waals surface area contributed by atoms with Gasteiger partial charge in [-0.15, -0.1) is 0 Å². The third-order valence-electron chi connectivity index (χ3n) is 2.94. The lowest BCUT2D eigenvalue weighted by atomic mass is 10.0. The number of hydrogen-bond donors (Lipinski definition) is 1. The molecule has 1 heterocycles. The molecule has 0 aliphatic carbocycles. The number of rotatable bonds is 1. The summed E-state index contributed by atoms with van der Waals surface area (Å²) in [6.07, 6.45) is 0. The minimum absolute atomic E-state index is 0.0457. The second-order valence-corrected chi connectivity index (χ2v) is 6.50. The zero-order valence-corrected chi connectivity index (χ0v) is 10.5. The Morgan fingerprint density at radius 2 is 1.65 bits per heavy atom. The van der Waals surface area contributed by atoms with Crippen LogP contribution in [0.1, 0.15) is 11.1 Å². The van der Waals surface area contributed by atoms with Crippen molar-refractivity contribution in [3.05, 3.63) is 41.5 Å². The molecule has 0 radical (unpaired) electrons. The summed E-state index contributed by atoms with van der Waals surface area (Å²) >= 11 is 1.86. The maximum atomic E-state index is 11.1. The molecule has 0 fully saturated rings. The van der Waals surface area contributed by atoms with Gasteiger partial charge in [0.15, 0.2) is 0 Å². The molecular formula is C12H10O3S2. The van der Waals surface area contributed by atoms with Crippen LogP contribution in [-0.2, 0) is 21.6 Å². The summed E-state index contributed by atoms with van der Waals surface area (Å²) in [4.78, 5) is -0.0457. The monoisotopic (exact) mass is 266 g/mol. The van der Waals surface area contributed by atoms with Crippen LogP contribution in [0.2, 0.25) is 0 Å². The smallest absolute Gasteiger partial charge is 0.282 e. The van der Waals surface area contributed by atoms with Crippen LogP contribution >= 0.6 is 11.8 Å². The van der Waals surface area contributed by atoms with Crippen molar-refractivity contribution >= 4 is 32.7 Å². The van der Waals surface area contributed by atoms with Gasteiger partial charge in [0.1, 0.15) is 0 Å². The summed E-state index contributed by atoms with van der Waals surface area (Å²) in [6, 6.07) is 8.81. The van der Waals surface area contributed by atoms with Gasteiger partial charge in [0.25, 0.3) is 10.1 Å². The van der Waals surface area contributed by atoms with E-state index < -0.39 is 10.1 Å². The maximum absolute atomic E-state index is 11.1. The molecule has 3 nitrogen and oxygen atoms in total. The van der Waals surface area contributed by atoms with Gasteiger partial charge in [-0.3, -0.25) is 4.55 Å².